The van der Waals surface area contributed by atoms with Gasteiger partial charge in [0.25, 0.3) is 5.91 Å². The first-order valence-corrected chi connectivity index (χ1v) is 4.95. The Morgan fingerprint density at radius 1 is 1.47 bits per heavy atom. The third-order valence-corrected chi connectivity index (χ3v) is 2.35. The fourth-order valence-electron chi connectivity index (χ4n) is 1.42. The first kappa shape index (κ1) is 12.4. The number of likely N-dealkylation sites (N-methyl/N-ethyl adjacent to an activating group) is 1. The topological polar surface area (TPSA) is 68.8 Å². The summed E-state index contributed by atoms with van der Waals surface area (Å²) in [6.45, 7) is 1.80. The average molecular weight is 218 g/mol. The molecule has 0 aromatic rings. The fourth-order valence-corrected chi connectivity index (χ4v) is 1.42. The van der Waals surface area contributed by atoms with Crippen LogP contribution in [0, 0.1) is 5.92 Å². The highest BCUT2D eigenvalue weighted by atomic mass is 16.7. The summed E-state index contributed by atoms with van der Waals surface area (Å²) in [7, 11) is 3.39. The van der Waals surface area contributed by atoms with E-state index >= 15 is 0 Å². The Morgan fingerprint density at radius 3 is 2.93 bits per heavy atom. The number of ether oxygens (including phenoxy) is 2. The maximum absolute atomic E-state index is 11.6. The number of nitrogens with one attached hydrogen (secondary N) is 2. The quantitative estimate of drug-likeness (QED) is 0.438. The molecule has 1 rings (SSSR count). The van der Waals surface area contributed by atoms with E-state index in [2.05, 4.69) is 10.8 Å². The van der Waals surface area contributed by atoms with Crippen molar-refractivity contribution in [2.75, 3.05) is 40.6 Å². The SMILES string of the molecule is CNC1COCC1C(=O)NOCCOC. The van der Waals surface area contributed by atoms with Crippen LogP contribution in [0.15, 0.2) is 0 Å². The fraction of sp³-hybridized carbons (Fsp3) is 0.889. The number of hydrogen-bond acceptors (Lipinski definition) is 5. The average Bonchev–Trinajstić information content (AvgIpc) is 2.72. The van der Waals surface area contributed by atoms with Crippen molar-refractivity contribution in [1.29, 1.82) is 0 Å². The summed E-state index contributed by atoms with van der Waals surface area (Å²) in [4.78, 5) is 16.5. The maximum atomic E-state index is 11.6. The predicted molar refractivity (Wildman–Crippen MR) is 53.1 cm³/mol. The Balaban J connectivity index is 2.21. The second kappa shape index (κ2) is 6.73. The number of methoxy groups -OCH3 is 1. The van der Waals surface area contributed by atoms with Crippen molar-refractivity contribution in [1.82, 2.24) is 10.8 Å². The van der Waals surface area contributed by atoms with E-state index in [0.717, 1.165) is 0 Å². The molecule has 2 atom stereocenters. The van der Waals surface area contributed by atoms with Gasteiger partial charge < -0.3 is 14.8 Å². The first-order chi connectivity index (χ1) is 7.29. The molecule has 0 aromatic heterocycles. The van der Waals surface area contributed by atoms with Crippen molar-refractivity contribution >= 4 is 5.91 Å². The summed E-state index contributed by atoms with van der Waals surface area (Å²) < 4.78 is 9.98. The Labute approximate surface area is 89.2 Å². The first-order valence-electron chi connectivity index (χ1n) is 4.95. The molecule has 1 aliphatic heterocycles. The normalized spacial score (nSPS) is 25.5. The zero-order chi connectivity index (χ0) is 11.1. The highest BCUT2D eigenvalue weighted by molar-refractivity contribution is 5.78. The van der Waals surface area contributed by atoms with E-state index < -0.39 is 0 Å². The number of hydrogen-bond donors (Lipinski definition) is 2. The van der Waals surface area contributed by atoms with E-state index in [-0.39, 0.29) is 17.9 Å². The van der Waals surface area contributed by atoms with Gasteiger partial charge in [-0.1, -0.05) is 0 Å². The summed E-state index contributed by atoms with van der Waals surface area (Å²) in [5, 5.41) is 3.03. The van der Waals surface area contributed by atoms with E-state index in [1.54, 1.807) is 7.11 Å². The predicted octanol–water partition coefficient (Wildman–Crippen LogP) is -1.08. The lowest BCUT2D eigenvalue weighted by molar-refractivity contribution is -0.139. The maximum Gasteiger partial charge on any atom is 0.250 e. The lowest BCUT2D eigenvalue weighted by Crippen LogP contribution is -2.42. The van der Waals surface area contributed by atoms with Gasteiger partial charge in [0.05, 0.1) is 32.3 Å². The van der Waals surface area contributed by atoms with Crippen molar-refractivity contribution in [3.63, 3.8) is 0 Å². The molecule has 1 aliphatic rings. The van der Waals surface area contributed by atoms with Gasteiger partial charge >= 0.3 is 0 Å². The molecule has 0 aliphatic carbocycles. The van der Waals surface area contributed by atoms with Crippen molar-refractivity contribution in [3.05, 3.63) is 0 Å². The van der Waals surface area contributed by atoms with Crippen molar-refractivity contribution < 1.29 is 19.1 Å². The minimum Gasteiger partial charge on any atom is -0.382 e. The summed E-state index contributed by atoms with van der Waals surface area (Å²) >= 11 is 0. The van der Waals surface area contributed by atoms with Crippen molar-refractivity contribution in [2.45, 2.75) is 6.04 Å². The van der Waals surface area contributed by atoms with E-state index in [4.69, 9.17) is 14.3 Å². The number of amides is 1. The molecule has 6 nitrogen and oxygen atoms in total. The van der Waals surface area contributed by atoms with Gasteiger partial charge in [-0.15, -0.1) is 0 Å². The minimum absolute atomic E-state index is 0.0658. The monoisotopic (exact) mass is 218 g/mol. The minimum atomic E-state index is -0.183. The smallest absolute Gasteiger partial charge is 0.250 e. The van der Waals surface area contributed by atoms with Crippen LogP contribution in [-0.2, 0) is 19.1 Å². The van der Waals surface area contributed by atoms with Crippen LogP contribution in [0.4, 0.5) is 0 Å². The molecule has 0 saturated carbocycles. The van der Waals surface area contributed by atoms with Crippen LogP contribution in [0.5, 0.6) is 0 Å². The Hall–Kier alpha value is -0.690. The van der Waals surface area contributed by atoms with Gasteiger partial charge in [0.2, 0.25) is 0 Å². The molecular weight excluding hydrogens is 200 g/mol. The molecule has 2 unspecified atom stereocenters. The zero-order valence-electron chi connectivity index (χ0n) is 9.12. The van der Waals surface area contributed by atoms with Gasteiger partial charge in [-0.05, 0) is 7.05 Å². The molecule has 1 heterocycles. The molecule has 1 amide bonds. The second-order valence-corrected chi connectivity index (χ2v) is 3.35. The summed E-state index contributed by atoms with van der Waals surface area (Å²) in [5.41, 5.74) is 2.38. The van der Waals surface area contributed by atoms with Crippen LogP contribution in [-0.4, -0.2) is 52.5 Å². The lowest BCUT2D eigenvalue weighted by Gasteiger charge is -2.15. The molecule has 0 aromatic carbocycles. The largest absolute Gasteiger partial charge is 0.382 e. The van der Waals surface area contributed by atoms with Crippen LogP contribution in [0.25, 0.3) is 0 Å². The molecule has 15 heavy (non-hydrogen) atoms. The number of hydroxylamine groups is 1. The summed E-state index contributed by atoms with van der Waals surface area (Å²) in [6, 6.07) is 0.0658. The van der Waals surface area contributed by atoms with Crippen molar-refractivity contribution in [3.8, 4) is 0 Å². The second-order valence-electron chi connectivity index (χ2n) is 3.35. The Morgan fingerprint density at radius 2 is 2.27 bits per heavy atom. The zero-order valence-corrected chi connectivity index (χ0v) is 9.12. The molecule has 1 saturated heterocycles. The molecule has 6 heteroatoms. The van der Waals surface area contributed by atoms with Gasteiger partial charge in [-0.2, -0.15) is 0 Å². The summed E-state index contributed by atoms with van der Waals surface area (Å²) in [5.74, 6) is -0.333. The van der Waals surface area contributed by atoms with Gasteiger partial charge in [-0.3, -0.25) is 9.63 Å². The van der Waals surface area contributed by atoms with Crippen molar-refractivity contribution in [2.24, 2.45) is 5.92 Å². The van der Waals surface area contributed by atoms with E-state index in [1.165, 1.54) is 0 Å². The van der Waals surface area contributed by atoms with Crippen LogP contribution < -0.4 is 10.8 Å². The highest BCUT2D eigenvalue weighted by Crippen LogP contribution is 2.13. The van der Waals surface area contributed by atoms with E-state index in [1.807, 2.05) is 7.05 Å². The lowest BCUT2D eigenvalue weighted by atomic mass is 10.0. The molecular formula is C9H18N2O4. The molecule has 1 fully saturated rings. The highest BCUT2D eigenvalue weighted by Gasteiger charge is 2.32. The van der Waals surface area contributed by atoms with Crippen LogP contribution in [0.3, 0.4) is 0 Å². The molecule has 2 N–H and O–H groups in total. The Bertz CT molecular complexity index is 201. The van der Waals surface area contributed by atoms with E-state index in [0.29, 0.717) is 26.4 Å². The van der Waals surface area contributed by atoms with Gasteiger partial charge in [0.1, 0.15) is 0 Å². The van der Waals surface area contributed by atoms with Gasteiger partial charge in [-0.25, -0.2) is 5.48 Å². The van der Waals surface area contributed by atoms with Crippen LogP contribution in [0.2, 0.25) is 0 Å². The van der Waals surface area contributed by atoms with E-state index in [9.17, 15) is 4.79 Å². The number of carbonyl (C=O) groups excluding carboxylic acids is 1. The van der Waals surface area contributed by atoms with Gasteiger partial charge in [0, 0.05) is 13.2 Å². The molecule has 0 bridgehead atoms. The van der Waals surface area contributed by atoms with Crippen LogP contribution >= 0.6 is 0 Å². The third kappa shape index (κ3) is 3.75. The van der Waals surface area contributed by atoms with Gasteiger partial charge in [0.15, 0.2) is 0 Å². The molecule has 0 spiro atoms. The van der Waals surface area contributed by atoms with Crippen LogP contribution in [0.1, 0.15) is 0 Å². The number of carbonyl (C=O) groups is 1. The molecule has 88 valence electrons. The summed E-state index contributed by atoms with van der Waals surface area (Å²) in [6.07, 6.45) is 0. The molecule has 0 radical (unpaired) electrons. The third-order valence-electron chi connectivity index (χ3n) is 2.35. The number of rotatable bonds is 6. The Kier molecular flexibility index (Phi) is 5.56. The standard InChI is InChI=1S/C9H18N2O4/c1-10-8-6-14-5-7(8)9(12)11-15-4-3-13-2/h7-8,10H,3-6H2,1-2H3,(H,11,12).